The first-order chi connectivity index (χ1) is 8.90. The number of nitrogens with two attached hydrogens (primary N) is 1. The van der Waals surface area contributed by atoms with Gasteiger partial charge in [-0.15, -0.1) is 0 Å². The predicted molar refractivity (Wildman–Crippen MR) is 64.8 cm³/mol. The number of hydrogen-bond donors (Lipinski definition) is 1. The van der Waals surface area contributed by atoms with Crippen LogP contribution in [0.3, 0.4) is 0 Å². The average Bonchev–Trinajstić information content (AvgIpc) is 2.34. The van der Waals surface area contributed by atoms with Crippen molar-refractivity contribution in [2.24, 2.45) is 5.73 Å². The molecule has 1 aromatic rings. The first-order valence-electron chi connectivity index (χ1n) is 5.98. The fourth-order valence-corrected chi connectivity index (χ4v) is 1.78. The fourth-order valence-electron chi connectivity index (χ4n) is 1.78. The van der Waals surface area contributed by atoms with Crippen molar-refractivity contribution >= 4 is 0 Å². The van der Waals surface area contributed by atoms with Crippen molar-refractivity contribution in [3.05, 3.63) is 34.2 Å². The molecule has 0 spiro atoms. The number of halogens is 3. The Kier molecular flexibility index (Phi) is 5.56. The van der Waals surface area contributed by atoms with Gasteiger partial charge in [-0.25, -0.2) is 0 Å². The highest BCUT2D eigenvalue weighted by molar-refractivity contribution is 5.10. The van der Waals surface area contributed by atoms with Crippen LogP contribution in [-0.4, -0.2) is 23.8 Å². The maximum atomic E-state index is 12.8. The molecule has 0 bridgehead atoms. The Labute approximate surface area is 109 Å². The van der Waals surface area contributed by atoms with Crippen LogP contribution < -0.4 is 11.3 Å². The lowest BCUT2D eigenvalue weighted by molar-refractivity contribution is -0.144. The van der Waals surface area contributed by atoms with Gasteiger partial charge in [0.15, 0.2) is 0 Å². The second-order valence-corrected chi connectivity index (χ2v) is 4.00. The lowest BCUT2D eigenvalue weighted by Gasteiger charge is -2.18. The summed E-state index contributed by atoms with van der Waals surface area (Å²) in [6, 6.07) is 3.09. The van der Waals surface area contributed by atoms with Crippen LogP contribution in [0.4, 0.5) is 13.2 Å². The van der Waals surface area contributed by atoms with Gasteiger partial charge in [0.1, 0.15) is 5.69 Å². The first-order valence-corrected chi connectivity index (χ1v) is 5.98. The SMILES string of the molecule is CCOC(CN)CCn1c(C(F)(F)F)cccc1=O. The van der Waals surface area contributed by atoms with Crippen LogP contribution in [0.25, 0.3) is 0 Å². The van der Waals surface area contributed by atoms with E-state index in [9.17, 15) is 18.0 Å². The maximum Gasteiger partial charge on any atom is 0.431 e. The molecule has 0 amide bonds. The summed E-state index contributed by atoms with van der Waals surface area (Å²) in [5, 5.41) is 0. The molecule has 1 rings (SSSR count). The number of aromatic nitrogens is 1. The smallest absolute Gasteiger partial charge is 0.377 e. The van der Waals surface area contributed by atoms with Crippen LogP contribution >= 0.6 is 0 Å². The van der Waals surface area contributed by atoms with Crippen LogP contribution in [0.2, 0.25) is 0 Å². The minimum absolute atomic E-state index is 0.0730. The minimum atomic E-state index is -4.55. The van der Waals surface area contributed by atoms with Crippen molar-refractivity contribution < 1.29 is 17.9 Å². The molecule has 7 heteroatoms. The standard InChI is InChI=1S/C12H17F3N2O2/c1-2-19-9(8-16)6-7-17-10(12(13,14)15)4-3-5-11(17)18/h3-5,9H,2,6-8,16H2,1H3. The Balaban J connectivity index is 2.91. The van der Waals surface area contributed by atoms with E-state index in [0.717, 1.165) is 18.2 Å². The molecule has 0 radical (unpaired) electrons. The summed E-state index contributed by atoms with van der Waals surface area (Å²) in [6.07, 6.45) is -4.64. The molecule has 2 N–H and O–H groups in total. The lowest BCUT2D eigenvalue weighted by atomic mass is 10.2. The number of alkyl halides is 3. The molecule has 0 saturated heterocycles. The van der Waals surface area contributed by atoms with Gasteiger partial charge in [0, 0.05) is 25.8 Å². The number of rotatable bonds is 6. The van der Waals surface area contributed by atoms with Crippen molar-refractivity contribution in [2.45, 2.75) is 32.2 Å². The summed E-state index contributed by atoms with van der Waals surface area (Å²) in [5.41, 5.74) is 3.82. The topological polar surface area (TPSA) is 57.2 Å². The Morgan fingerprint density at radius 1 is 1.42 bits per heavy atom. The Bertz CT molecular complexity index is 457. The Morgan fingerprint density at radius 2 is 2.11 bits per heavy atom. The minimum Gasteiger partial charge on any atom is -0.377 e. The monoisotopic (exact) mass is 278 g/mol. The molecule has 1 aromatic heterocycles. The third-order valence-corrected chi connectivity index (χ3v) is 2.68. The van der Waals surface area contributed by atoms with Crippen LogP contribution in [-0.2, 0) is 17.5 Å². The van der Waals surface area contributed by atoms with Crippen molar-refractivity contribution in [3.63, 3.8) is 0 Å². The zero-order valence-electron chi connectivity index (χ0n) is 10.6. The van der Waals surface area contributed by atoms with E-state index >= 15 is 0 Å². The molecule has 1 unspecified atom stereocenters. The third kappa shape index (κ3) is 4.36. The number of pyridine rings is 1. The van der Waals surface area contributed by atoms with Gasteiger partial charge in [-0.3, -0.25) is 4.79 Å². The molecule has 0 saturated carbocycles. The number of nitrogens with zero attached hydrogens (tertiary/aromatic N) is 1. The van der Waals surface area contributed by atoms with Gasteiger partial charge in [-0.05, 0) is 19.4 Å². The van der Waals surface area contributed by atoms with Gasteiger partial charge in [0.25, 0.3) is 5.56 Å². The van der Waals surface area contributed by atoms with E-state index in [1.165, 1.54) is 0 Å². The molecular weight excluding hydrogens is 261 g/mol. The van der Waals surface area contributed by atoms with Gasteiger partial charge in [0.2, 0.25) is 0 Å². The van der Waals surface area contributed by atoms with Gasteiger partial charge in [-0.2, -0.15) is 13.2 Å². The summed E-state index contributed by atoms with van der Waals surface area (Å²) < 4.78 is 44.3. The quantitative estimate of drug-likeness (QED) is 0.860. The number of ether oxygens (including phenoxy) is 1. The van der Waals surface area contributed by atoms with Crippen molar-refractivity contribution in [1.82, 2.24) is 4.57 Å². The molecule has 0 aliphatic carbocycles. The van der Waals surface area contributed by atoms with E-state index < -0.39 is 17.4 Å². The van der Waals surface area contributed by atoms with E-state index in [1.807, 2.05) is 0 Å². The van der Waals surface area contributed by atoms with Crippen LogP contribution in [0, 0.1) is 0 Å². The fraction of sp³-hybridized carbons (Fsp3) is 0.583. The highest BCUT2D eigenvalue weighted by Crippen LogP contribution is 2.28. The second kappa shape index (κ2) is 6.72. The molecule has 0 fully saturated rings. The van der Waals surface area contributed by atoms with Gasteiger partial charge in [0.05, 0.1) is 6.10 Å². The molecule has 0 aliphatic heterocycles. The molecule has 108 valence electrons. The number of hydrogen-bond acceptors (Lipinski definition) is 3. The summed E-state index contributed by atoms with van der Waals surface area (Å²) in [5.74, 6) is 0. The molecule has 0 aromatic carbocycles. The summed E-state index contributed by atoms with van der Waals surface area (Å²) in [6.45, 7) is 2.34. The first kappa shape index (κ1) is 15.7. The molecule has 1 atom stereocenters. The van der Waals surface area contributed by atoms with Gasteiger partial charge >= 0.3 is 6.18 Å². The van der Waals surface area contributed by atoms with Gasteiger partial charge < -0.3 is 15.0 Å². The lowest BCUT2D eigenvalue weighted by Crippen LogP contribution is -2.31. The zero-order chi connectivity index (χ0) is 14.5. The molecule has 0 aliphatic rings. The van der Waals surface area contributed by atoms with Crippen molar-refractivity contribution in [3.8, 4) is 0 Å². The van der Waals surface area contributed by atoms with Crippen LogP contribution in [0.5, 0.6) is 0 Å². The normalized spacial score (nSPS) is 13.5. The zero-order valence-corrected chi connectivity index (χ0v) is 10.6. The molecule has 19 heavy (non-hydrogen) atoms. The van der Waals surface area contributed by atoms with E-state index in [0.29, 0.717) is 11.2 Å². The van der Waals surface area contributed by atoms with Crippen LogP contribution in [0.15, 0.2) is 23.0 Å². The molecule has 4 nitrogen and oxygen atoms in total. The summed E-state index contributed by atoms with van der Waals surface area (Å²) >= 11 is 0. The molecule has 1 heterocycles. The Hall–Kier alpha value is -1.34. The van der Waals surface area contributed by atoms with Crippen molar-refractivity contribution in [2.75, 3.05) is 13.2 Å². The van der Waals surface area contributed by atoms with E-state index in [1.54, 1.807) is 6.92 Å². The summed E-state index contributed by atoms with van der Waals surface area (Å²) in [7, 11) is 0. The highest BCUT2D eigenvalue weighted by Gasteiger charge is 2.34. The maximum absolute atomic E-state index is 12.8. The Morgan fingerprint density at radius 3 is 2.63 bits per heavy atom. The van der Waals surface area contributed by atoms with Gasteiger partial charge in [-0.1, -0.05) is 6.07 Å². The third-order valence-electron chi connectivity index (χ3n) is 2.68. The average molecular weight is 278 g/mol. The largest absolute Gasteiger partial charge is 0.431 e. The van der Waals surface area contributed by atoms with Crippen LogP contribution in [0.1, 0.15) is 19.0 Å². The van der Waals surface area contributed by atoms with E-state index in [2.05, 4.69) is 0 Å². The van der Waals surface area contributed by atoms with Crippen molar-refractivity contribution in [1.29, 1.82) is 0 Å². The second-order valence-electron chi connectivity index (χ2n) is 4.00. The predicted octanol–water partition coefficient (Wildman–Crippen LogP) is 1.62. The summed E-state index contributed by atoms with van der Waals surface area (Å²) in [4.78, 5) is 11.5. The highest BCUT2D eigenvalue weighted by atomic mass is 19.4. The molecular formula is C12H17F3N2O2. The van der Waals surface area contributed by atoms with E-state index in [4.69, 9.17) is 10.5 Å². The van der Waals surface area contributed by atoms with E-state index in [-0.39, 0.29) is 25.6 Å².